The van der Waals surface area contributed by atoms with Gasteiger partial charge in [-0.05, 0) is 36.2 Å². The first kappa shape index (κ1) is 17.9. The average molecular weight is 373 g/mol. The molecule has 1 N–H and O–H groups in total. The van der Waals surface area contributed by atoms with Crippen LogP contribution in [0.5, 0.6) is 5.75 Å². The Morgan fingerprint density at radius 1 is 1.04 bits per heavy atom. The van der Waals surface area contributed by atoms with E-state index in [4.69, 9.17) is 39.5 Å². The lowest BCUT2D eigenvalue weighted by atomic mass is 10.2. The van der Waals surface area contributed by atoms with Crippen molar-refractivity contribution < 1.29 is 9.53 Å². The van der Waals surface area contributed by atoms with Crippen LogP contribution in [0.2, 0.25) is 15.1 Å². The molecule has 0 fully saturated rings. The van der Waals surface area contributed by atoms with Crippen molar-refractivity contribution in [2.24, 2.45) is 0 Å². The van der Waals surface area contributed by atoms with Gasteiger partial charge in [-0.25, -0.2) is 0 Å². The van der Waals surface area contributed by atoms with Gasteiger partial charge in [0, 0.05) is 23.0 Å². The predicted molar refractivity (Wildman–Crippen MR) is 94.5 cm³/mol. The monoisotopic (exact) mass is 371 g/mol. The number of nitrogens with one attached hydrogen (secondary N) is 1. The smallest absolute Gasteiger partial charge is 0.220 e. The number of carbonyl (C=O) groups excluding carboxylic acids is 1. The van der Waals surface area contributed by atoms with Gasteiger partial charge in [0.15, 0.2) is 0 Å². The molecule has 0 atom stereocenters. The summed E-state index contributed by atoms with van der Waals surface area (Å²) >= 11 is 17.9. The summed E-state index contributed by atoms with van der Waals surface area (Å²) in [6.07, 6.45) is 0.961. The Bertz CT molecular complexity index is 677. The Hall–Kier alpha value is -1.42. The van der Waals surface area contributed by atoms with Crippen LogP contribution >= 0.6 is 34.8 Å². The van der Waals surface area contributed by atoms with Crippen LogP contribution in [0.3, 0.4) is 0 Å². The van der Waals surface area contributed by atoms with Crippen LogP contribution in [0.4, 0.5) is 0 Å². The molecule has 1 amide bonds. The van der Waals surface area contributed by atoms with E-state index in [0.29, 0.717) is 46.8 Å². The quantitative estimate of drug-likeness (QED) is 0.685. The van der Waals surface area contributed by atoms with E-state index in [1.54, 1.807) is 24.3 Å². The summed E-state index contributed by atoms with van der Waals surface area (Å²) in [5.74, 6) is 0.517. The standard InChI is InChI=1S/C17H16Cl3NO2/c18-13-7-8-16(15(20)10-13)23-9-3-6-17(22)21-11-12-4-1-2-5-14(12)19/h1-2,4-5,7-8,10H,3,6,9,11H2,(H,21,22). The summed E-state index contributed by atoms with van der Waals surface area (Å²) in [7, 11) is 0. The van der Waals surface area contributed by atoms with Gasteiger partial charge in [0.05, 0.1) is 11.6 Å². The molecule has 3 nitrogen and oxygen atoms in total. The normalized spacial score (nSPS) is 10.4. The molecule has 2 aromatic carbocycles. The predicted octanol–water partition coefficient (Wildman–Crippen LogP) is 5.12. The molecule has 0 spiro atoms. The second kappa shape index (κ2) is 9.02. The molecule has 0 aliphatic carbocycles. The van der Waals surface area contributed by atoms with Crippen molar-refractivity contribution in [2.75, 3.05) is 6.61 Å². The highest BCUT2D eigenvalue weighted by molar-refractivity contribution is 6.35. The van der Waals surface area contributed by atoms with E-state index in [-0.39, 0.29) is 5.91 Å². The molecule has 0 bridgehead atoms. The maximum Gasteiger partial charge on any atom is 0.220 e. The first-order chi connectivity index (χ1) is 11.1. The van der Waals surface area contributed by atoms with Crippen LogP contribution in [0.1, 0.15) is 18.4 Å². The minimum absolute atomic E-state index is 0.0456. The van der Waals surface area contributed by atoms with Gasteiger partial charge in [0.2, 0.25) is 5.91 Å². The number of rotatable bonds is 7. The number of benzene rings is 2. The number of hydrogen-bond donors (Lipinski definition) is 1. The van der Waals surface area contributed by atoms with Crippen LogP contribution in [-0.2, 0) is 11.3 Å². The second-order valence-corrected chi connectivity index (χ2v) is 6.15. The zero-order chi connectivity index (χ0) is 16.7. The fraction of sp³-hybridized carbons (Fsp3) is 0.235. The maximum absolute atomic E-state index is 11.8. The van der Waals surface area contributed by atoms with E-state index in [1.807, 2.05) is 18.2 Å². The van der Waals surface area contributed by atoms with Gasteiger partial charge in [-0.3, -0.25) is 4.79 Å². The molecule has 2 rings (SSSR count). The Balaban J connectivity index is 1.68. The van der Waals surface area contributed by atoms with Crippen LogP contribution in [-0.4, -0.2) is 12.5 Å². The van der Waals surface area contributed by atoms with E-state index in [2.05, 4.69) is 5.32 Å². The van der Waals surface area contributed by atoms with Crippen LogP contribution in [0.25, 0.3) is 0 Å². The summed E-state index contributed by atoms with van der Waals surface area (Å²) in [5.41, 5.74) is 0.895. The van der Waals surface area contributed by atoms with Gasteiger partial charge in [-0.1, -0.05) is 53.0 Å². The van der Waals surface area contributed by atoms with Crippen molar-refractivity contribution in [1.82, 2.24) is 5.32 Å². The van der Waals surface area contributed by atoms with Crippen molar-refractivity contribution in [3.05, 3.63) is 63.1 Å². The van der Waals surface area contributed by atoms with E-state index in [1.165, 1.54) is 0 Å². The molecule has 122 valence electrons. The van der Waals surface area contributed by atoms with Crippen molar-refractivity contribution >= 4 is 40.7 Å². The lowest BCUT2D eigenvalue weighted by molar-refractivity contribution is -0.121. The maximum atomic E-state index is 11.8. The Kier molecular flexibility index (Phi) is 7.03. The van der Waals surface area contributed by atoms with Gasteiger partial charge in [-0.15, -0.1) is 0 Å². The van der Waals surface area contributed by atoms with Crippen molar-refractivity contribution in [3.8, 4) is 5.75 Å². The molecule has 0 heterocycles. The second-order valence-electron chi connectivity index (χ2n) is 4.89. The molecule has 23 heavy (non-hydrogen) atoms. The Morgan fingerprint density at radius 2 is 1.83 bits per heavy atom. The lowest BCUT2D eigenvalue weighted by Crippen LogP contribution is -2.23. The van der Waals surface area contributed by atoms with Crippen LogP contribution in [0.15, 0.2) is 42.5 Å². The van der Waals surface area contributed by atoms with E-state index in [9.17, 15) is 4.79 Å². The number of ether oxygens (including phenoxy) is 1. The van der Waals surface area contributed by atoms with Crippen molar-refractivity contribution in [3.63, 3.8) is 0 Å². The number of hydrogen-bond acceptors (Lipinski definition) is 2. The molecule has 0 radical (unpaired) electrons. The lowest BCUT2D eigenvalue weighted by Gasteiger charge is -2.09. The molecule has 0 unspecified atom stereocenters. The SMILES string of the molecule is O=C(CCCOc1ccc(Cl)cc1Cl)NCc1ccccc1Cl. The summed E-state index contributed by atoms with van der Waals surface area (Å²) in [5, 5.41) is 4.50. The molecular weight excluding hydrogens is 357 g/mol. The molecule has 6 heteroatoms. The summed E-state index contributed by atoms with van der Waals surface area (Å²) < 4.78 is 5.53. The number of halogens is 3. The van der Waals surface area contributed by atoms with Crippen molar-refractivity contribution in [2.45, 2.75) is 19.4 Å². The Morgan fingerprint density at radius 3 is 2.57 bits per heavy atom. The molecule has 0 aliphatic rings. The van der Waals surface area contributed by atoms with Crippen LogP contribution in [0, 0.1) is 0 Å². The zero-order valence-corrected chi connectivity index (χ0v) is 14.6. The third-order valence-electron chi connectivity index (χ3n) is 3.13. The topological polar surface area (TPSA) is 38.3 Å². The largest absolute Gasteiger partial charge is 0.492 e. The third-order valence-corrected chi connectivity index (χ3v) is 4.03. The van der Waals surface area contributed by atoms with Crippen molar-refractivity contribution in [1.29, 1.82) is 0 Å². The first-order valence-electron chi connectivity index (χ1n) is 7.14. The number of carbonyl (C=O) groups is 1. The van der Waals surface area contributed by atoms with Crippen LogP contribution < -0.4 is 10.1 Å². The van der Waals surface area contributed by atoms with E-state index >= 15 is 0 Å². The Labute approximate surface area is 150 Å². The molecule has 0 saturated carbocycles. The van der Waals surface area contributed by atoms with E-state index in [0.717, 1.165) is 5.56 Å². The molecule has 2 aromatic rings. The van der Waals surface area contributed by atoms with Gasteiger partial charge >= 0.3 is 0 Å². The molecule has 0 saturated heterocycles. The molecule has 0 aliphatic heterocycles. The van der Waals surface area contributed by atoms with E-state index < -0.39 is 0 Å². The highest BCUT2D eigenvalue weighted by Crippen LogP contribution is 2.27. The van der Waals surface area contributed by atoms with Gasteiger partial charge in [0.25, 0.3) is 0 Å². The van der Waals surface area contributed by atoms with Gasteiger partial charge in [-0.2, -0.15) is 0 Å². The van der Waals surface area contributed by atoms with Gasteiger partial charge < -0.3 is 10.1 Å². The zero-order valence-electron chi connectivity index (χ0n) is 12.3. The first-order valence-corrected chi connectivity index (χ1v) is 8.27. The minimum Gasteiger partial charge on any atom is -0.492 e. The molecular formula is C17H16Cl3NO2. The minimum atomic E-state index is -0.0456. The summed E-state index contributed by atoms with van der Waals surface area (Å²) in [4.78, 5) is 11.8. The fourth-order valence-electron chi connectivity index (χ4n) is 1.93. The average Bonchev–Trinajstić information content (AvgIpc) is 2.52. The summed E-state index contributed by atoms with van der Waals surface area (Å²) in [6.45, 7) is 0.823. The van der Waals surface area contributed by atoms with Gasteiger partial charge in [0.1, 0.15) is 5.75 Å². The fourth-order valence-corrected chi connectivity index (χ4v) is 2.60. The molecule has 0 aromatic heterocycles. The third kappa shape index (κ3) is 5.94. The summed E-state index contributed by atoms with van der Waals surface area (Å²) in [6, 6.07) is 12.5. The highest BCUT2D eigenvalue weighted by Gasteiger charge is 2.05. The highest BCUT2D eigenvalue weighted by atomic mass is 35.5. The number of amides is 1.